The summed E-state index contributed by atoms with van der Waals surface area (Å²) in [7, 11) is 0. The van der Waals surface area contributed by atoms with Crippen LogP contribution in [0.25, 0.3) is 0 Å². The Hall–Kier alpha value is -2.55. The molecule has 1 aromatic rings. The largest absolute Gasteiger partial charge is 0.481 e. The number of amides is 1. The number of aliphatic carboxylic acids is 1. The first kappa shape index (κ1) is 16.8. The molecule has 0 aliphatic heterocycles. The van der Waals surface area contributed by atoms with E-state index in [-0.39, 0.29) is 0 Å². The molecule has 0 bridgehead atoms. The molecule has 0 saturated heterocycles. The van der Waals surface area contributed by atoms with Crippen LogP contribution in [0.2, 0.25) is 0 Å². The zero-order chi connectivity index (χ0) is 16.9. The van der Waals surface area contributed by atoms with Gasteiger partial charge in [0.05, 0.1) is 11.6 Å². The van der Waals surface area contributed by atoms with Crippen molar-refractivity contribution in [1.82, 2.24) is 5.32 Å². The molecule has 122 valence electrons. The molecule has 1 aromatic carbocycles. The minimum Gasteiger partial charge on any atom is -0.481 e. The predicted molar refractivity (Wildman–Crippen MR) is 82.8 cm³/mol. The number of carboxylic acid groups (broad SMARTS) is 1. The maximum atomic E-state index is 12.3. The zero-order valence-electron chi connectivity index (χ0n) is 13.0. The van der Waals surface area contributed by atoms with Gasteiger partial charge in [-0.25, -0.2) is 4.79 Å². The van der Waals surface area contributed by atoms with E-state index in [0.717, 1.165) is 19.3 Å². The minimum atomic E-state index is -1.19. The number of nitriles is 1. The van der Waals surface area contributed by atoms with Crippen LogP contribution in [0.3, 0.4) is 0 Å². The summed E-state index contributed by atoms with van der Waals surface area (Å²) in [5, 5.41) is 21.0. The van der Waals surface area contributed by atoms with Crippen molar-refractivity contribution in [2.24, 2.45) is 0 Å². The number of ether oxygens (including phenoxy) is 1. The van der Waals surface area contributed by atoms with Crippen LogP contribution >= 0.6 is 0 Å². The van der Waals surface area contributed by atoms with Gasteiger partial charge in [-0.1, -0.05) is 25.3 Å². The highest BCUT2D eigenvalue weighted by atomic mass is 16.5. The van der Waals surface area contributed by atoms with Crippen LogP contribution in [0.1, 0.15) is 44.6 Å². The number of carbonyl (C=O) groups is 2. The summed E-state index contributed by atoms with van der Waals surface area (Å²) in [6, 6.07) is 8.49. The molecule has 1 atom stereocenters. The molecule has 1 aliphatic carbocycles. The van der Waals surface area contributed by atoms with Gasteiger partial charge < -0.3 is 15.2 Å². The van der Waals surface area contributed by atoms with Crippen LogP contribution in [0.4, 0.5) is 0 Å². The molecule has 1 amide bonds. The fourth-order valence-electron chi connectivity index (χ4n) is 2.78. The summed E-state index contributed by atoms with van der Waals surface area (Å²) in [5.74, 6) is -1.05. The molecule has 1 saturated carbocycles. The molecule has 0 unspecified atom stereocenters. The molecule has 6 heteroatoms. The second kappa shape index (κ2) is 7.14. The van der Waals surface area contributed by atoms with E-state index in [2.05, 4.69) is 5.32 Å². The van der Waals surface area contributed by atoms with Gasteiger partial charge >= 0.3 is 5.97 Å². The Kier molecular flexibility index (Phi) is 5.22. The van der Waals surface area contributed by atoms with Crippen LogP contribution < -0.4 is 10.1 Å². The number of carbonyl (C=O) groups excluding carboxylic acids is 1. The Morgan fingerprint density at radius 3 is 2.65 bits per heavy atom. The number of nitrogens with one attached hydrogen (secondary N) is 1. The van der Waals surface area contributed by atoms with Gasteiger partial charge in [0.1, 0.15) is 11.3 Å². The quantitative estimate of drug-likeness (QED) is 0.867. The van der Waals surface area contributed by atoms with E-state index in [4.69, 9.17) is 10.00 Å². The van der Waals surface area contributed by atoms with E-state index in [1.807, 2.05) is 6.07 Å². The Balaban J connectivity index is 2.04. The van der Waals surface area contributed by atoms with Crippen LogP contribution in [0, 0.1) is 11.3 Å². The first-order valence-corrected chi connectivity index (χ1v) is 7.69. The minimum absolute atomic E-state index is 0.403. The van der Waals surface area contributed by atoms with Gasteiger partial charge in [0.15, 0.2) is 6.10 Å². The number of hydrogen-bond donors (Lipinski definition) is 2. The fraction of sp³-hybridized carbons (Fsp3) is 0.471. The lowest BCUT2D eigenvalue weighted by Gasteiger charge is -2.34. The van der Waals surface area contributed by atoms with Crippen molar-refractivity contribution < 1.29 is 19.4 Å². The maximum absolute atomic E-state index is 12.3. The van der Waals surface area contributed by atoms with Gasteiger partial charge in [0.25, 0.3) is 5.91 Å². The third-order valence-corrected chi connectivity index (χ3v) is 4.12. The zero-order valence-corrected chi connectivity index (χ0v) is 13.0. The van der Waals surface area contributed by atoms with Crippen LogP contribution in [-0.2, 0) is 9.59 Å². The lowest BCUT2D eigenvalue weighted by molar-refractivity contribution is -0.150. The number of benzene rings is 1. The highest BCUT2D eigenvalue weighted by molar-refractivity contribution is 5.89. The molecule has 0 aromatic heterocycles. The van der Waals surface area contributed by atoms with Crippen LogP contribution in [-0.4, -0.2) is 28.6 Å². The van der Waals surface area contributed by atoms with E-state index in [0.29, 0.717) is 24.2 Å². The average molecular weight is 316 g/mol. The SMILES string of the molecule is C[C@H](Oc1cccc(C#N)c1)C(=O)NC1(C(=O)O)CCCCC1. The van der Waals surface area contributed by atoms with E-state index in [9.17, 15) is 14.7 Å². The number of nitrogens with zero attached hydrogens (tertiary/aromatic N) is 1. The van der Waals surface area contributed by atoms with Crippen molar-refractivity contribution in [3.05, 3.63) is 29.8 Å². The Labute approximate surface area is 135 Å². The van der Waals surface area contributed by atoms with Gasteiger partial charge in [-0.2, -0.15) is 5.26 Å². The lowest BCUT2D eigenvalue weighted by atomic mass is 9.81. The second-order valence-corrected chi connectivity index (χ2v) is 5.84. The van der Waals surface area contributed by atoms with Crippen LogP contribution in [0.5, 0.6) is 5.75 Å². The van der Waals surface area contributed by atoms with Crippen molar-refractivity contribution in [2.45, 2.75) is 50.7 Å². The highest BCUT2D eigenvalue weighted by Crippen LogP contribution is 2.28. The normalized spacial score (nSPS) is 17.6. The van der Waals surface area contributed by atoms with E-state index < -0.39 is 23.5 Å². The maximum Gasteiger partial charge on any atom is 0.329 e. The third-order valence-electron chi connectivity index (χ3n) is 4.12. The van der Waals surface area contributed by atoms with Gasteiger partial charge in [-0.05, 0) is 38.0 Å². The molecule has 23 heavy (non-hydrogen) atoms. The number of carboxylic acids is 1. The number of hydrogen-bond acceptors (Lipinski definition) is 4. The lowest BCUT2D eigenvalue weighted by Crippen LogP contribution is -2.58. The van der Waals surface area contributed by atoms with Gasteiger partial charge in [0, 0.05) is 0 Å². The first-order valence-electron chi connectivity index (χ1n) is 7.69. The Morgan fingerprint density at radius 2 is 2.04 bits per heavy atom. The van der Waals surface area contributed by atoms with E-state index in [1.54, 1.807) is 25.1 Å². The highest BCUT2D eigenvalue weighted by Gasteiger charge is 2.41. The van der Waals surface area contributed by atoms with Crippen molar-refractivity contribution in [2.75, 3.05) is 0 Å². The van der Waals surface area contributed by atoms with Crippen molar-refractivity contribution in [3.63, 3.8) is 0 Å². The van der Waals surface area contributed by atoms with Crippen molar-refractivity contribution in [1.29, 1.82) is 5.26 Å². The fourth-order valence-corrected chi connectivity index (χ4v) is 2.78. The molecule has 2 rings (SSSR count). The molecule has 2 N–H and O–H groups in total. The molecule has 1 fully saturated rings. The molecular formula is C17H20N2O4. The third kappa shape index (κ3) is 4.01. The second-order valence-electron chi connectivity index (χ2n) is 5.84. The summed E-state index contributed by atoms with van der Waals surface area (Å²) in [4.78, 5) is 23.9. The Bertz CT molecular complexity index is 630. The summed E-state index contributed by atoms with van der Waals surface area (Å²) < 4.78 is 5.53. The predicted octanol–water partition coefficient (Wildman–Crippen LogP) is 2.23. The van der Waals surface area contributed by atoms with Gasteiger partial charge in [-0.15, -0.1) is 0 Å². The van der Waals surface area contributed by atoms with E-state index >= 15 is 0 Å². The smallest absolute Gasteiger partial charge is 0.329 e. The molecule has 0 heterocycles. The number of rotatable bonds is 5. The molecule has 0 radical (unpaired) electrons. The Morgan fingerprint density at radius 1 is 1.35 bits per heavy atom. The summed E-state index contributed by atoms with van der Waals surface area (Å²) in [5.41, 5.74) is -0.758. The van der Waals surface area contributed by atoms with E-state index in [1.165, 1.54) is 6.07 Å². The van der Waals surface area contributed by atoms with Crippen LogP contribution in [0.15, 0.2) is 24.3 Å². The van der Waals surface area contributed by atoms with Crippen molar-refractivity contribution in [3.8, 4) is 11.8 Å². The molecule has 1 aliphatic rings. The van der Waals surface area contributed by atoms with Gasteiger partial charge in [-0.3, -0.25) is 4.79 Å². The first-order chi connectivity index (χ1) is 11.0. The molecule has 0 spiro atoms. The van der Waals surface area contributed by atoms with Gasteiger partial charge in [0.2, 0.25) is 0 Å². The molecular weight excluding hydrogens is 296 g/mol. The van der Waals surface area contributed by atoms with Crippen molar-refractivity contribution >= 4 is 11.9 Å². The molecule has 6 nitrogen and oxygen atoms in total. The monoisotopic (exact) mass is 316 g/mol. The average Bonchev–Trinajstić information content (AvgIpc) is 2.55. The topological polar surface area (TPSA) is 99.4 Å². The standard InChI is InChI=1S/C17H20N2O4/c1-12(23-14-7-5-6-13(10-14)11-18)15(20)19-17(16(21)22)8-3-2-4-9-17/h5-7,10,12H,2-4,8-9H2,1H3,(H,19,20)(H,21,22)/t12-/m0/s1. The summed E-state index contributed by atoms with van der Waals surface area (Å²) >= 11 is 0. The summed E-state index contributed by atoms with van der Waals surface area (Å²) in [6.07, 6.45) is 2.58. The summed E-state index contributed by atoms with van der Waals surface area (Å²) in [6.45, 7) is 1.56.